The van der Waals surface area contributed by atoms with Gasteiger partial charge < -0.3 is 11.6 Å². The van der Waals surface area contributed by atoms with Crippen LogP contribution in [-0.4, -0.2) is 47.0 Å². The van der Waals surface area contributed by atoms with E-state index in [1.807, 2.05) is 0 Å². The second-order valence-corrected chi connectivity index (χ2v) is 5.32. The Kier molecular flexibility index (Phi) is 7.01. The fourth-order valence-electron chi connectivity index (χ4n) is 0.416. The average Bonchev–Trinajstić information content (AvgIpc) is 1.82. The van der Waals surface area contributed by atoms with E-state index in [2.05, 4.69) is 0 Å². The minimum Gasteiger partial charge on any atom is -1.00 e. The van der Waals surface area contributed by atoms with Crippen molar-refractivity contribution in [3.63, 3.8) is 0 Å². The van der Waals surface area contributed by atoms with E-state index in [-0.39, 0.29) is 31.0 Å². The molecule has 0 aromatic rings. The molecule has 0 bridgehead atoms. The Bertz CT molecular complexity index is 325. The summed E-state index contributed by atoms with van der Waals surface area (Å²) in [7, 11) is -9.68. The minimum absolute atomic E-state index is 0. The summed E-state index contributed by atoms with van der Waals surface area (Å²) in [6, 6.07) is 0. The molecule has 0 aromatic carbocycles. The van der Waals surface area contributed by atoms with Crippen molar-refractivity contribution in [3.8, 4) is 0 Å². The molecule has 0 aliphatic heterocycles. The Hall–Kier alpha value is 0.740. The van der Waals surface area contributed by atoms with Crippen LogP contribution < -0.4 is 29.6 Å². The van der Waals surface area contributed by atoms with Crippen LogP contribution in [0.3, 0.4) is 0 Å². The molecule has 0 saturated heterocycles. The summed E-state index contributed by atoms with van der Waals surface area (Å²) in [5.74, 6) is 0. The molecule has 11 heteroatoms. The van der Waals surface area contributed by atoms with E-state index in [1.54, 1.807) is 0 Å². The van der Waals surface area contributed by atoms with E-state index in [0.29, 0.717) is 0 Å². The van der Waals surface area contributed by atoms with Crippen LogP contribution in [0.4, 0.5) is 0 Å². The first-order chi connectivity index (χ1) is 5.55. The van der Waals surface area contributed by atoms with Gasteiger partial charge in [-0.2, -0.15) is 16.8 Å². The molecular weight excluding hydrogens is 251 g/mol. The zero-order valence-electron chi connectivity index (χ0n) is 8.10. The van der Waals surface area contributed by atoms with Crippen molar-refractivity contribution in [2.45, 2.75) is 17.3 Å². The summed E-state index contributed by atoms with van der Waals surface area (Å²) >= 11 is 0. The largest absolute Gasteiger partial charge is 1.00 e. The predicted octanol–water partition coefficient (Wildman–Crippen LogP) is -5.09. The summed E-state index contributed by atoms with van der Waals surface area (Å²) in [4.78, 5) is 0. The molecule has 0 spiro atoms. The number of aliphatic hydroxyl groups excluding tert-OH is 2. The van der Waals surface area contributed by atoms with Crippen molar-refractivity contribution in [2.24, 2.45) is 0 Å². The molecule has 82 valence electrons. The van der Waals surface area contributed by atoms with Gasteiger partial charge in [-0.15, -0.1) is 0 Å². The van der Waals surface area contributed by atoms with Gasteiger partial charge in [0.25, 0.3) is 20.2 Å². The average molecular weight is 260 g/mol. The third-order valence-corrected chi connectivity index (χ3v) is 2.85. The van der Waals surface area contributed by atoms with E-state index < -0.39 is 37.5 Å². The normalized spacial score (nSPS) is 16.9. The summed E-state index contributed by atoms with van der Waals surface area (Å²) in [5.41, 5.74) is -4.91. The summed E-state index contributed by atoms with van der Waals surface area (Å²) in [6.45, 7) is 0. The Labute approximate surface area is 104 Å². The molecule has 14 heavy (non-hydrogen) atoms. The molecule has 0 amide bonds. The van der Waals surface area contributed by atoms with Crippen LogP contribution in [0.5, 0.6) is 0 Å². The zero-order chi connectivity index (χ0) is 10.9. The molecular formula is C3H9NaO8S2. The fourth-order valence-corrected chi connectivity index (χ4v) is 1.39. The van der Waals surface area contributed by atoms with Gasteiger partial charge in [-0.25, -0.2) is 0 Å². The van der Waals surface area contributed by atoms with Crippen LogP contribution >= 0.6 is 0 Å². The molecule has 2 unspecified atom stereocenters. The molecule has 0 aromatic heterocycles. The SMILES string of the molecule is O=S(=O)(O)C(O)CC(O)S(=O)(=O)O.[H-].[Na+]. The summed E-state index contributed by atoms with van der Waals surface area (Å²) < 4.78 is 56.7. The van der Waals surface area contributed by atoms with Gasteiger partial charge in [0.1, 0.15) is 0 Å². The Morgan fingerprint density at radius 2 is 1.14 bits per heavy atom. The first-order valence-corrected chi connectivity index (χ1v) is 5.84. The van der Waals surface area contributed by atoms with Gasteiger partial charge in [-0.1, -0.05) is 0 Å². The van der Waals surface area contributed by atoms with Crippen molar-refractivity contribution in [1.82, 2.24) is 0 Å². The Balaban J connectivity index is -0.000000720. The standard InChI is InChI=1S/C3H8O8S2.Na.H/c4-2(12(6,7)8)1-3(5)13(9,10)11;;/h2-5H,1H2,(H,6,7,8)(H,9,10,11);;/q;+1;-1. The van der Waals surface area contributed by atoms with E-state index in [0.717, 1.165) is 0 Å². The fraction of sp³-hybridized carbons (Fsp3) is 1.00. The minimum atomic E-state index is -4.84. The quantitative estimate of drug-likeness (QED) is 0.289. The molecule has 0 aliphatic carbocycles. The molecule has 0 fully saturated rings. The van der Waals surface area contributed by atoms with Crippen LogP contribution in [0.15, 0.2) is 0 Å². The molecule has 8 nitrogen and oxygen atoms in total. The maximum Gasteiger partial charge on any atom is 1.00 e. The number of rotatable bonds is 4. The molecule has 0 saturated carbocycles. The molecule has 0 aliphatic rings. The maximum absolute atomic E-state index is 10.1. The van der Waals surface area contributed by atoms with E-state index in [1.165, 1.54) is 0 Å². The Morgan fingerprint density at radius 1 is 0.929 bits per heavy atom. The Morgan fingerprint density at radius 3 is 1.29 bits per heavy atom. The van der Waals surface area contributed by atoms with Crippen molar-refractivity contribution in [3.05, 3.63) is 0 Å². The van der Waals surface area contributed by atoms with Gasteiger partial charge in [0.2, 0.25) is 0 Å². The van der Waals surface area contributed by atoms with E-state index >= 15 is 0 Å². The van der Waals surface area contributed by atoms with E-state index in [4.69, 9.17) is 19.3 Å². The van der Waals surface area contributed by atoms with Crippen LogP contribution in [0.25, 0.3) is 0 Å². The van der Waals surface area contributed by atoms with Gasteiger partial charge in [0, 0.05) is 6.42 Å². The van der Waals surface area contributed by atoms with Crippen molar-refractivity contribution >= 4 is 20.2 Å². The van der Waals surface area contributed by atoms with Gasteiger partial charge >= 0.3 is 29.6 Å². The summed E-state index contributed by atoms with van der Waals surface area (Å²) in [5, 5.41) is 17.1. The van der Waals surface area contributed by atoms with Gasteiger partial charge in [-0.3, -0.25) is 9.11 Å². The number of hydrogen-bond acceptors (Lipinski definition) is 6. The first-order valence-electron chi connectivity index (χ1n) is 2.84. The van der Waals surface area contributed by atoms with Crippen LogP contribution in [0.2, 0.25) is 0 Å². The maximum atomic E-state index is 10.1. The molecule has 0 rings (SSSR count). The second kappa shape index (κ2) is 5.72. The van der Waals surface area contributed by atoms with Gasteiger partial charge in [0.05, 0.1) is 0 Å². The molecule has 2 atom stereocenters. The van der Waals surface area contributed by atoms with Gasteiger partial charge in [-0.05, 0) is 0 Å². The summed E-state index contributed by atoms with van der Waals surface area (Å²) in [6.07, 6.45) is -1.22. The topological polar surface area (TPSA) is 149 Å². The zero-order valence-corrected chi connectivity index (χ0v) is 10.7. The second-order valence-electron chi connectivity index (χ2n) is 2.17. The van der Waals surface area contributed by atoms with Crippen LogP contribution in [-0.2, 0) is 20.2 Å². The van der Waals surface area contributed by atoms with Crippen molar-refractivity contribution < 1.29 is 67.1 Å². The molecule has 0 radical (unpaired) electrons. The number of hydrogen-bond donors (Lipinski definition) is 4. The van der Waals surface area contributed by atoms with Gasteiger partial charge in [0.15, 0.2) is 10.9 Å². The third-order valence-electron chi connectivity index (χ3n) is 1.09. The molecule has 4 N–H and O–H groups in total. The smallest absolute Gasteiger partial charge is 1.00 e. The predicted molar refractivity (Wildman–Crippen MR) is 40.8 cm³/mol. The molecule has 0 heterocycles. The van der Waals surface area contributed by atoms with Crippen molar-refractivity contribution in [2.75, 3.05) is 0 Å². The monoisotopic (exact) mass is 260 g/mol. The number of aliphatic hydroxyl groups is 2. The van der Waals surface area contributed by atoms with Crippen LogP contribution in [0.1, 0.15) is 7.85 Å². The van der Waals surface area contributed by atoms with Crippen molar-refractivity contribution in [1.29, 1.82) is 0 Å². The third kappa shape index (κ3) is 6.27. The first kappa shape index (κ1) is 17.1. The van der Waals surface area contributed by atoms with Crippen LogP contribution in [0, 0.1) is 0 Å². The van der Waals surface area contributed by atoms with E-state index in [9.17, 15) is 16.8 Å².